The summed E-state index contributed by atoms with van der Waals surface area (Å²) in [5, 5.41) is 11.8. The van der Waals surface area contributed by atoms with Crippen molar-refractivity contribution in [1.29, 1.82) is 0 Å². The van der Waals surface area contributed by atoms with Crippen LogP contribution in [0.2, 0.25) is 0 Å². The van der Waals surface area contributed by atoms with Crippen LogP contribution >= 0.6 is 0 Å². The largest absolute Gasteiger partial charge is 0.454 e. The van der Waals surface area contributed by atoms with Crippen LogP contribution in [0.15, 0.2) is 239 Å². The average Bonchev–Trinajstić information content (AvgIpc) is 4.04. The van der Waals surface area contributed by atoms with Crippen molar-refractivity contribution in [3.05, 3.63) is 242 Å². The Labute approximate surface area is 430 Å². The van der Waals surface area contributed by atoms with E-state index in [-0.39, 0.29) is 11.8 Å². The van der Waals surface area contributed by atoms with E-state index in [1.165, 1.54) is 65.7 Å². The van der Waals surface area contributed by atoms with Gasteiger partial charge in [0.15, 0.2) is 11.2 Å². The summed E-state index contributed by atoms with van der Waals surface area (Å²) < 4.78 is 13.8. The van der Waals surface area contributed by atoms with Crippen LogP contribution in [0.3, 0.4) is 0 Å². The lowest BCUT2D eigenvalue weighted by atomic mass is 9.84. The van der Waals surface area contributed by atoms with Crippen molar-refractivity contribution < 1.29 is 8.83 Å². The first kappa shape index (κ1) is 43.7. The molecule has 74 heavy (non-hydrogen) atoms. The van der Waals surface area contributed by atoms with Crippen molar-refractivity contribution >= 4 is 110 Å². The normalized spacial score (nSPS) is 12.0. The molecule has 4 heteroatoms. The standard InChI is InChI=1S/C70H52N2O2/c1-43(2)59-41-63(71(49-33-29-47(30-34-49)45-17-7-5-8-18-45)61-25-15-23-55-51-21-11-13-27-65(51)73-69(55)61)57-40-38-54-60(44(3)4)42-64(58-39-37-53(59)67(57)68(54)58)72(50-35-31-48(32-36-50)46-19-9-6-10-20-46)62-26-16-24-56-52-22-12-14-28-66(52)74-70(56)62/h5-44H,1-4H3. The molecule has 2 aromatic heterocycles. The molecule has 0 unspecified atom stereocenters. The zero-order valence-electron chi connectivity index (χ0n) is 41.8. The van der Waals surface area contributed by atoms with Gasteiger partial charge in [0.2, 0.25) is 0 Å². The number of hydrogen-bond acceptors (Lipinski definition) is 4. The van der Waals surface area contributed by atoms with Gasteiger partial charge in [0, 0.05) is 43.7 Å². The van der Waals surface area contributed by atoms with Gasteiger partial charge in [-0.2, -0.15) is 0 Å². The number of para-hydroxylation sites is 4. The third kappa shape index (κ3) is 6.89. The molecule has 0 aliphatic rings. The van der Waals surface area contributed by atoms with Crippen molar-refractivity contribution in [2.75, 3.05) is 9.80 Å². The minimum atomic E-state index is 0.219. The molecular weight excluding hydrogens is 901 g/mol. The number of rotatable bonds is 10. The second kappa shape index (κ2) is 17.3. The Hall–Kier alpha value is -9.12. The minimum absolute atomic E-state index is 0.219. The smallest absolute Gasteiger partial charge is 0.159 e. The van der Waals surface area contributed by atoms with Crippen LogP contribution < -0.4 is 9.80 Å². The molecule has 0 saturated heterocycles. The van der Waals surface area contributed by atoms with Gasteiger partial charge >= 0.3 is 0 Å². The Morgan fingerprint density at radius 1 is 0.284 bits per heavy atom. The molecule has 0 radical (unpaired) electrons. The molecule has 354 valence electrons. The van der Waals surface area contributed by atoms with Crippen LogP contribution in [0, 0.1) is 0 Å². The van der Waals surface area contributed by atoms with Crippen molar-refractivity contribution in [2.24, 2.45) is 0 Å². The van der Waals surface area contributed by atoms with Gasteiger partial charge in [-0.15, -0.1) is 0 Å². The molecule has 0 aliphatic heterocycles. The van der Waals surface area contributed by atoms with E-state index in [0.717, 1.165) is 78.0 Å². The van der Waals surface area contributed by atoms with E-state index >= 15 is 0 Å². The highest BCUT2D eigenvalue weighted by molar-refractivity contribution is 6.30. The number of anilines is 6. The van der Waals surface area contributed by atoms with Crippen LogP contribution in [0.1, 0.15) is 50.7 Å². The summed E-state index contributed by atoms with van der Waals surface area (Å²) in [4.78, 5) is 4.90. The van der Waals surface area contributed by atoms with Gasteiger partial charge in [0.1, 0.15) is 11.2 Å². The molecule has 12 aromatic carbocycles. The van der Waals surface area contributed by atoms with Crippen LogP contribution in [0.25, 0.3) is 98.4 Å². The Bertz CT molecular complexity index is 4130. The van der Waals surface area contributed by atoms with E-state index in [9.17, 15) is 0 Å². The molecule has 0 amide bonds. The summed E-state index contributed by atoms with van der Waals surface area (Å²) in [6.45, 7) is 9.31. The van der Waals surface area contributed by atoms with Gasteiger partial charge < -0.3 is 18.6 Å². The fourth-order valence-corrected chi connectivity index (χ4v) is 11.8. The molecule has 0 aliphatic carbocycles. The molecule has 0 saturated carbocycles. The predicted octanol–water partition coefficient (Wildman–Crippen LogP) is 20.9. The van der Waals surface area contributed by atoms with E-state index in [1.807, 2.05) is 0 Å². The summed E-state index contributed by atoms with van der Waals surface area (Å²) in [6.07, 6.45) is 0. The van der Waals surface area contributed by atoms with Crippen LogP contribution in [-0.2, 0) is 0 Å². The van der Waals surface area contributed by atoms with E-state index < -0.39 is 0 Å². The monoisotopic (exact) mass is 952 g/mol. The van der Waals surface area contributed by atoms with Crippen molar-refractivity contribution in [3.63, 3.8) is 0 Å². The molecule has 0 N–H and O–H groups in total. The lowest BCUT2D eigenvalue weighted by Gasteiger charge is -2.31. The molecule has 0 atom stereocenters. The fourth-order valence-electron chi connectivity index (χ4n) is 11.8. The van der Waals surface area contributed by atoms with Gasteiger partial charge in [-0.1, -0.05) is 198 Å². The minimum Gasteiger partial charge on any atom is -0.454 e. The third-order valence-corrected chi connectivity index (χ3v) is 15.4. The second-order valence-electron chi connectivity index (χ2n) is 20.4. The highest BCUT2D eigenvalue weighted by atomic mass is 16.3. The molecule has 4 nitrogen and oxygen atoms in total. The number of benzene rings is 12. The van der Waals surface area contributed by atoms with Crippen molar-refractivity contribution in [1.82, 2.24) is 0 Å². The van der Waals surface area contributed by atoms with Gasteiger partial charge in [0.05, 0.1) is 22.7 Å². The third-order valence-electron chi connectivity index (χ3n) is 15.4. The van der Waals surface area contributed by atoms with Gasteiger partial charge in [-0.3, -0.25) is 0 Å². The van der Waals surface area contributed by atoms with E-state index in [0.29, 0.717) is 0 Å². The summed E-state index contributed by atoms with van der Waals surface area (Å²) in [6, 6.07) is 83.7. The summed E-state index contributed by atoms with van der Waals surface area (Å²) in [5.74, 6) is 0.439. The topological polar surface area (TPSA) is 32.8 Å². The highest BCUT2D eigenvalue weighted by Crippen LogP contribution is 2.53. The molecule has 0 bridgehead atoms. The molecule has 2 heterocycles. The number of hydrogen-bond donors (Lipinski definition) is 0. The van der Waals surface area contributed by atoms with Gasteiger partial charge in [0.25, 0.3) is 0 Å². The van der Waals surface area contributed by atoms with E-state index in [2.05, 4.69) is 268 Å². The number of fused-ring (bicyclic) bond motifs is 6. The zero-order valence-corrected chi connectivity index (χ0v) is 41.8. The molecular formula is C70H52N2O2. The summed E-state index contributed by atoms with van der Waals surface area (Å²) in [7, 11) is 0. The van der Waals surface area contributed by atoms with E-state index in [4.69, 9.17) is 8.83 Å². The first-order valence-electron chi connectivity index (χ1n) is 25.9. The van der Waals surface area contributed by atoms with E-state index in [1.54, 1.807) is 0 Å². The Morgan fingerprint density at radius 3 is 1.04 bits per heavy atom. The lowest BCUT2D eigenvalue weighted by Crippen LogP contribution is -2.13. The maximum absolute atomic E-state index is 6.90. The first-order valence-corrected chi connectivity index (χ1v) is 25.9. The summed E-state index contributed by atoms with van der Waals surface area (Å²) in [5.41, 5.74) is 17.0. The Balaban J connectivity index is 1.07. The van der Waals surface area contributed by atoms with Crippen LogP contribution in [-0.4, -0.2) is 0 Å². The van der Waals surface area contributed by atoms with Crippen molar-refractivity contribution in [2.45, 2.75) is 39.5 Å². The lowest BCUT2D eigenvalue weighted by molar-refractivity contribution is 0.668. The number of nitrogens with zero attached hydrogens (tertiary/aromatic N) is 2. The summed E-state index contributed by atoms with van der Waals surface area (Å²) >= 11 is 0. The quantitative estimate of drug-likeness (QED) is 0.128. The Kier molecular flexibility index (Phi) is 10.2. The average molecular weight is 953 g/mol. The number of furan rings is 2. The highest BCUT2D eigenvalue weighted by Gasteiger charge is 2.28. The molecule has 14 aromatic rings. The maximum Gasteiger partial charge on any atom is 0.159 e. The van der Waals surface area contributed by atoms with Crippen LogP contribution in [0.5, 0.6) is 0 Å². The molecule has 0 fully saturated rings. The predicted molar refractivity (Wildman–Crippen MR) is 313 cm³/mol. The first-order chi connectivity index (χ1) is 36.4. The maximum atomic E-state index is 6.90. The second-order valence-corrected chi connectivity index (χ2v) is 20.4. The van der Waals surface area contributed by atoms with Crippen molar-refractivity contribution in [3.8, 4) is 22.3 Å². The Morgan fingerprint density at radius 2 is 0.635 bits per heavy atom. The van der Waals surface area contributed by atoms with Crippen LogP contribution in [0.4, 0.5) is 34.1 Å². The SMILES string of the molecule is CC(C)c1cc(N(c2ccc(-c3ccccc3)cc2)c2cccc3c2oc2ccccc23)c2ccc3c(C(C)C)cc(N(c4ccc(-c5ccccc5)cc4)c4cccc5c4oc4ccccc45)c4ccc1c2c34. The van der Waals surface area contributed by atoms with Gasteiger partial charge in [-0.25, -0.2) is 0 Å². The molecule has 0 spiro atoms. The fraction of sp³-hybridized carbons (Fsp3) is 0.0857. The zero-order chi connectivity index (χ0) is 49.6. The van der Waals surface area contributed by atoms with Gasteiger partial charge in [-0.05, 0) is 127 Å². The molecule has 14 rings (SSSR count).